The number of ketones is 1. The molecular weight excluding hydrogens is 212 g/mol. The van der Waals surface area contributed by atoms with Crippen molar-refractivity contribution in [1.82, 2.24) is 0 Å². The number of esters is 1. The smallest absolute Gasteiger partial charge is 0.373 e. The molecule has 0 saturated carbocycles. The van der Waals surface area contributed by atoms with Gasteiger partial charge in [-0.15, -0.1) is 0 Å². The zero-order valence-corrected chi connectivity index (χ0v) is 8.43. The zero-order chi connectivity index (χ0) is 11.5. The van der Waals surface area contributed by atoms with Crippen molar-refractivity contribution in [3.05, 3.63) is 47.8 Å². The summed E-state index contributed by atoms with van der Waals surface area (Å²) in [5.41, 5.74) is 0. The van der Waals surface area contributed by atoms with Crippen LogP contribution < -0.4 is 0 Å². The maximum absolute atomic E-state index is 11.7. The molecule has 0 bridgehead atoms. The minimum absolute atomic E-state index is 0.0163. The molecule has 0 saturated heterocycles. The third kappa shape index (κ3) is 1.75. The molecule has 16 heavy (non-hydrogen) atoms. The normalized spacial score (nSPS) is 10.1. The Morgan fingerprint density at radius 3 is 2.50 bits per heavy atom. The van der Waals surface area contributed by atoms with Crippen LogP contribution in [0.25, 0.3) is 0 Å². The van der Waals surface area contributed by atoms with Crippen LogP contribution in [0.5, 0.6) is 0 Å². The molecule has 0 spiro atoms. The Labute approximate surface area is 90.6 Å². The Morgan fingerprint density at radius 1 is 1.12 bits per heavy atom. The number of methoxy groups -OCH3 is 1. The fourth-order valence-electron chi connectivity index (χ4n) is 1.20. The highest BCUT2D eigenvalue weighted by atomic mass is 16.5. The van der Waals surface area contributed by atoms with E-state index in [1.807, 2.05) is 0 Å². The van der Waals surface area contributed by atoms with Crippen LogP contribution in [0.4, 0.5) is 0 Å². The van der Waals surface area contributed by atoms with Gasteiger partial charge >= 0.3 is 5.97 Å². The zero-order valence-electron chi connectivity index (χ0n) is 8.43. The van der Waals surface area contributed by atoms with Crippen molar-refractivity contribution in [3.63, 3.8) is 0 Å². The van der Waals surface area contributed by atoms with Crippen LogP contribution in [0.2, 0.25) is 0 Å². The molecule has 2 heterocycles. The van der Waals surface area contributed by atoms with E-state index < -0.39 is 11.8 Å². The monoisotopic (exact) mass is 220 g/mol. The minimum Gasteiger partial charge on any atom is -0.463 e. The third-order valence-corrected chi connectivity index (χ3v) is 1.96. The Hall–Kier alpha value is -2.30. The van der Waals surface area contributed by atoms with Crippen LogP contribution in [0.1, 0.15) is 26.9 Å². The molecule has 2 rings (SSSR count). The highest BCUT2D eigenvalue weighted by molar-refractivity contribution is 6.05. The molecule has 0 fully saturated rings. The summed E-state index contributed by atoms with van der Waals surface area (Å²) in [6.45, 7) is 0. The van der Waals surface area contributed by atoms with E-state index in [9.17, 15) is 9.59 Å². The number of rotatable bonds is 3. The van der Waals surface area contributed by atoms with E-state index >= 15 is 0 Å². The number of hydrogen-bond acceptors (Lipinski definition) is 5. The Morgan fingerprint density at radius 2 is 1.88 bits per heavy atom. The van der Waals surface area contributed by atoms with Crippen molar-refractivity contribution in [2.24, 2.45) is 0 Å². The molecule has 0 radical (unpaired) electrons. The second-order valence-electron chi connectivity index (χ2n) is 2.96. The molecule has 5 nitrogen and oxygen atoms in total. The van der Waals surface area contributed by atoms with Gasteiger partial charge in [0.05, 0.1) is 13.4 Å². The third-order valence-electron chi connectivity index (χ3n) is 1.96. The summed E-state index contributed by atoms with van der Waals surface area (Å²) in [7, 11) is 1.23. The van der Waals surface area contributed by atoms with Crippen LogP contribution in [-0.2, 0) is 4.74 Å². The summed E-state index contributed by atoms with van der Waals surface area (Å²) in [6.07, 6.45) is 1.39. The van der Waals surface area contributed by atoms with Crippen LogP contribution >= 0.6 is 0 Å². The first kappa shape index (κ1) is 10.2. The van der Waals surface area contributed by atoms with Gasteiger partial charge in [0.15, 0.2) is 11.5 Å². The first-order valence-electron chi connectivity index (χ1n) is 4.48. The van der Waals surface area contributed by atoms with E-state index in [0.29, 0.717) is 0 Å². The van der Waals surface area contributed by atoms with E-state index in [4.69, 9.17) is 8.83 Å². The van der Waals surface area contributed by atoms with Gasteiger partial charge in [0.25, 0.3) is 5.78 Å². The van der Waals surface area contributed by atoms with Gasteiger partial charge in [0, 0.05) is 0 Å². The fraction of sp³-hybridized carbons (Fsp3) is 0.0909. The van der Waals surface area contributed by atoms with Crippen molar-refractivity contribution >= 4 is 11.8 Å². The molecule has 0 aliphatic carbocycles. The largest absolute Gasteiger partial charge is 0.463 e. The van der Waals surface area contributed by atoms with E-state index in [1.54, 1.807) is 6.07 Å². The molecule has 0 aromatic carbocycles. The van der Waals surface area contributed by atoms with Gasteiger partial charge in [0.2, 0.25) is 5.76 Å². The fourth-order valence-corrected chi connectivity index (χ4v) is 1.20. The maximum atomic E-state index is 11.7. The molecular formula is C11H8O5. The predicted octanol–water partition coefficient (Wildman–Crippen LogP) is 1.89. The summed E-state index contributed by atoms with van der Waals surface area (Å²) in [5, 5.41) is 0. The molecule has 0 amide bonds. The van der Waals surface area contributed by atoms with Crippen molar-refractivity contribution in [2.75, 3.05) is 7.11 Å². The number of carbonyl (C=O) groups is 2. The van der Waals surface area contributed by atoms with Crippen molar-refractivity contribution < 1.29 is 23.2 Å². The first-order valence-corrected chi connectivity index (χ1v) is 4.48. The second-order valence-corrected chi connectivity index (χ2v) is 2.96. The average molecular weight is 220 g/mol. The number of furan rings is 2. The Kier molecular flexibility index (Phi) is 2.59. The number of hydrogen-bond donors (Lipinski definition) is 0. The van der Waals surface area contributed by atoms with E-state index in [2.05, 4.69) is 4.74 Å². The van der Waals surface area contributed by atoms with E-state index in [-0.39, 0.29) is 17.3 Å². The van der Waals surface area contributed by atoms with Crippen molar-refractivity contribution in [3.8, 4) is 0 Å². The van der Waals surface area contributed by atoms with E-state index in [0.717, 1.165) is 0 Å². The van der Waals surface area contributed by atoms with Gasteiger partial charge in [0.1, 0.15) is 0 Å². The topological polar surface area (TPSA) is 69.7 Å². The molecule has 0 unspecified atom stereocenters. The summed E-state index contributed by atoms with van der Waals surface area (Å²) in [4.78, 5) is 22.8. The quantitative estimate of drug-likeness (QED) is 0.583. The molecule has 0 N–H and O–H groups in total. The van der Waals surface area contributed by atoms with Gasteiger partial charge in [-0.3, -0.25) is 4.79 Å². The van der Waals surface area contributed by atoms with Crippen molar-refractivity contribution in [2.45, 2.75) is 0 Å². The minimum atomic E-state index is -0.626. The lowest BCUT2D eigenvalue weighted by Crippen LogP contribution is -2.00. The molecule has 82 valence electrons. The van der Waals surface area contributed by atoms with Gasteiger partial charge < -0.3 is 13.6 Å². The summed E-state index contributed by atoms with van der Waals surface area (Å²) >= 11 is 0. The summed E-state index contributed by atoms with van der Waals surface area (Å²) < 4.78 is 14.4. The Balaban J connectivity index is 2.26. The van der Waals surface area contributed by atoms with Crippen LogP contribution in [0.15, 0.2) is 39.4 Å². The van der Waals surface area contributed by atoms with Crippen LogP contribution in [0.3, 0.4) is 0 Å². The maximum Gasteiger partial charge on any atom is 0.373 e. The van der Waals surface area contributed by atoms with Gasteiger partial charge in [-0.05, 0) is 24.3 Å². The lowest BCUT2D eigenvalue weighted by atomic mass is 10.2. The average Bonchev–Trinajstić information content (AvgIpc) is 2.97. The number of ether oxygens (including phenoxy) is 1. The SMILES string of the molecule is COC(=O)c1ccc(C(=O)c2ccco2)o1. The van der Waals surface area contributed by atoms with Crippen LogP contribution in [0, 0.1) is 0 Å². The molecule has 2 aromatic heterocycles. The van der Waals surface area contributed by atoms with Crippen molar-refractivity contribution in [1.29, 1.82) is 0 Å². The molecule has 5 heteroatoms. The second kappa shape index (κ2) is 4.06. The lowest BCUT2D eigenvalue weighted by molar-refractivity contribution is 0.0563. The summed E-state index contributed by atoms with van der Waals surface area (Å²) in [6, 6.07) is 5.89. The van der Waals surface area contributed by atoms with Crippen LogP contribution in [-0.4, -0.2) is 18.9 Å². The number of carbonyl (C=O) groups excluding carboxylic acids is 2. The molecule has 0 aliphatic rings. The van der Waals surface area contributed by atoms with Gasteiger partial charge in [-0.25, -0.2) is 4.79 Å². The van der Waals surface area contributed by atoms with E-state index in [1.165, 1.54) is 31.6 Å². The molecule has 2 aromatic rings. The molecule has 0 atom stereocenters. The van der Waals surface area contributed by atoms with Gasteiger partial charge in [-0.2, -0.15) is 0 Å². The summed E-state index contributed by atoms with van der Waals surface area (Å²) in [5.74, 6) is -0.864. The Bertz CT molecular complexity index is 506. The highest BCUT2D eigenvalue weighted by Crippen LogP contribution is 2.14. The predicted molar refractivity (Wildman–Crippen MR) is 52.2 cm³/mol. The highest BCUT2D eigenvalue weighted by Gasteiger charge is 2.18. The first-order chi connectivity index (χ1) is 7.72. The van der Waals surface area contributed by atoms with Gasteiger partial charge in [-0.1, -0.05) is 0 Å². The molecule has 0 aliphatic heterocycles. The standard InChI is InChI=1S/C11H8O5/c1-14-11(13)9-5-4-8(16-9)10(12)7-3-2-6-15-7/h2-6H,1H3. The lowest BCUT2D eigenvalue weighted by Gasteiger charge is -1.93.